The lowest BCUT2D eigenvalue weighted by molar-refractivity contribution is -0.119. The second-order valence-electron chi connectivity index (χ2n) is 8.68. The van der Waals surface area contributed by atoms with Gasteiger partial charge in [0.2, 0.25) is 5.91 Å². The van der Waals surface area contributed by atoms with Crippen LogP contribution in [0.2, 0.25) is 0 Å². The summed E-state index contributed by atoms with van der Waals surface area (Å²) >= 11 is 5.82. The summed E-state index contributed by atoms with van der Waals surface area (Å²) in [5, 5.41) is 16.1. The fraction of sp³-hybridized carbons (Fsp3) is 0.143. The van der Waals surface area contributed by atoms with E-state index in [0.29, 0.717) is 10.8 Å². The summed E-state index contributed by atoms with van der Waals surface area (Å²) in [5.74, 6) is -1.21. The van der Waals surface area contributed by atoms with Gasteiger partial charge in [-0.05, 0) is 85.0 Å². The number of nitrogens with one attached hydrogen (secondary N) is 2. The van der Waals surface area contributed by atoms with Crippen LogP contribution in [0.25, 0.3) is 5.69 Å². The molecule has 0 saturated carbocycles. The van der Waals surface area contributed by atoms with Gasteiger partial charge in [-0.15, -0.1) is 0 Å². The van der Waals surface area contributed by atoms with Gasteiger partial charge in [-0.2, -0.15) is 0 Å². The maximum atomic E-state index is 11.9. The number of nitrogens with zero attached hydrogens (tertiary/aromatic N) is 3. The van der Waals surface area contributed by atoms with Gasteiger partial charge in [0.25, 0.3) is 0 Å². The molecule has 1 amide bonds. The van der Waals surface area contributed by atoms with Crippen LogP contribution < -0.4 is 15.5 Å². The largest absolute Gasteiger partial charge is 0.478 e. The monoisotopic (exact) mass is 527 g/mol. The molecular weight excluding hydrogens is 502 g/mol. The number of aromatic nitrogens is 2. The Morgan fingerprint density at radius 2 is 1.76 bits per heavy atom. The Bertz CT molecular complexity index is 1450. The molecule has 3 N–H and O–H groups in total. The number of methoxy groups -OCH3 is 1. The van der Waals surface area contributed by atoms with Crippen molar-refractivity contribution < 1.29 is 19.4 Å². The third-order valence-corrected chi connectivity index (χ3v) is 6.59. The number of thiocarbonyl (C=S) groups is 1. The van der Waals surface area contributed by atoms with Crippen molar-refractivity contribution in [3.05, 3.63) is 108 Å². The van der Waals surface area contributed by atoms with Gasteiger partial charge >= 0.3 is 5.97 Å². The highest BCUT2D eigenvalue weighted by Gasteiger charge is 2.42. The molecule has 2 atom stereocenters. The van der Waals surface area contributed by atoms with Crippen molar-refractivity contribution in [3.63, 3.8) is 0 Å². The van der Waals surface area contributed by atoms with E-state index in [-0.39, 0.29) is 30.2 Å². The predicted molar refractivity (Wildman–Crippen MR) is 148 cm³/mol. The quantitative estimate of drug-likeness (QED) is 0.291. The number of hydrogen-bond acceptors (Lipinski definition) is 5. The zero-order valence-corrected chi connectivity index (χ0v) is 21.3. The number of carbonyl (C=O) groups excluding carboxylic acids is 1. The molecule has 1 fully saturated rings. The zero-order chi connectivity index (χ0) is 26.6. The topological polar surface area (TPSA) is 109 Å². The van der Waals surface area contributed by atoms with E-state index in [1.807, 2.05) is 70.3 Å². The Balaban J connectivity index is 1.55. The molecule has 9 nitrogen and oxygen atoms in total. The second-order valence-corrected chi connectivity index (χ2v) is 9.07. The van der Waals surface area contributed by atoms with Crippen LogP contribution in [0, 0.1) is 0 Å². The first kappa shape index (κ1) is 25.1. The van der Waals surface area contributed by atoms with Crippen molar-refractivity contribution in [2.75, 3.05) is 23.9 Å². The fourth-order valence-electron chi connectivity index (χ4n) is 4.60. The molecule has 4 aromatic rings. The lowest BCUT2D eigenvalue weighted by Gasteiger charge is -2.29. The van der Waals surface area contributed by atoms with Crippen LogP contribution in [0.3, 0.4) is 0 Å². The minimum Gasteiger partial charge on any atom is -0.478 e. The van der Waals surface area contributed by atoms with Crippen molar-refractivity contribution in [2.45, 2.75) is 12.1 Å². The first-order valence-corrected chi connectivity index (χ1v) is 12.3. The van der Waals surface area contributed by atoms with Crippen molar-refractivity contribution >= 4 is 40.6 Å². The SMILES string of the molecule is COCC(=O)Nc1ccc(N2C(=S)N[C@H](c3ccccn3)[C@H]2c2cccn2-c2ccc(C(=O)O)cc2)cc1. The van der Waals surface area contributed by atoms with E-state index in [9.17, 15) is 14.7 Å². The van der Waals surface area contributed by atoms with Gasteiger partial charge in [-0.25, -0.2) is 4.79 Å². The highest BCUT2D eigenvalue weighted by Crippen LogP contribution is 2.42. The van der Waals surface area contributed by atoms with Gasteiger partial charge in [0, 0.05) is 42.3 Å². The molecule has 3 heterocycles. The molecule has 0 spiro atoms. The number of carboxylic acid groups (broad SMARTS) is 1. The average Bonchev–Trinajstić information content (AvgIpc) is 3.54. The summed E-state index contributed by atoms with van der Waals surface area (Å²) < 4.78 is 6.91. The lowest BCUT2D eigenvalue weighted by atomic mass is 10.0. The van der Waals surface area contributed by atoms with Crippen LogP contribution in [-0.4, -0.2) is 45.4 Å². The van der Waals surface area contributed by atoms with E-state index >= 15 is 0 Å². The number of carboxylic acids is 1. The number of amides is 1. The molecule has 2 aromatic carbocycles. The van der Waals surface area contributed by atoms with Crippen LogP contribution in [0.5, 0.6) is 0 Å². The van der Waals surface area contributed by atoms with Crippen molar-refractivity contribution in [3.8, 4) is 5.69 Å². The van der Waals surface area contributed by atoms with Crippen LogP contribution in [-0.2, 0) is 9.53 Å². The molecule has 0 unspecified atom stereocenters. The molecule has 0 bridgehead atoms. The Morgan fingerprint density at radius 3 is 2.42 bits per heavy atom. The summed E-state index contributed by atoms with van der Waals surface area (Å²) in [6.07, 6.45) is 3.69. The lowest BCUT2D eigenvalue weighted by Crippen LogP contribution is -2.30. The molecule has 38 heavy (non-hydrogen) atoms. The van der Waals surface area contributed by atoms with Gasteiger partial charge in [0.1, 0.15) is 12.6 Å². The number of anilines is 2. The summed E-state index contributed by atoms with van der Waals surface area (Å²) in [4.78, 5) is 29.9. The van der Waals surface area contributed by atoms with Gasteiger partial charge in [0.15, 0.2) is 5.11 Å². The van der Waals surface area contributed by atoms with Gasteiger partial charge in [0.05, 0.1) is 17.3 Å². The molecule has 0 radical (unpaired) electrons. The Hall–Kier alpha value is -4.54. The van der Waals surface area contributed by atoms with Crippen molar-refractivity contribution in [1.82, 2.24) is 14.9 Å². The summed E-state index contributed by atoms with van der Waals surface area (Å²) in [7, 11) is 1.47. The van der Waals surface area contributed by atoms with Crippen LogP contribution in [0.4, 0.5) is 11.4 Å². The Morgan fingerprint density at radius 1 is 1.03 bits per heavy atom. The van der Waals surface area contributed by atoms with Gasteiger partial charge in [-0.3, -0.25) is 9.78 Å². The summed E-state index contributed by atoms with van der Waals surface area (Å²) in [6.45, 7) is -0.0276. The Kier molecular flexibility index (Phi) is 7.16. The smallest absolute Gasteiger partial charge is 0.335 e. The fourth-order valence-corrected chi connectivity index (χ4v) is 4.95. The normalized spacial score (nSPS) is 16.8. The number of carbonyl (C=O) groups is 2. The molecule has 1 saturated heterocycles. The minimum atomic E-state index is -0.974. The molecule has 1 aliphatic heterocycles. The summed E-state index contributed by atoms with van der Waals surface area (Å²) in [6, 6.07) is 23.4. The standard InChI is InChI=1S/C28H25N5O4S/c1-37-17-24(34)30-19-9-13-21(14-10-19)33-26(25(31-28(33)38)22-5-2-3-15-29-22)23-6-4-16-32(23)20-11-7-18(8-12-20)27(35)36/h2-16,25-26H,17H2,1H3,(H,30,34)(H,31,38)(H,35,36)/t25-,26-/m1/s1. The number of pyridine rings is 1. The number of rotatable bonds is 8. The molecule has 192 valence electrons. The molecule has 2 aromatic heterocycles. The summed E-state index contributed by atoms with van der Waals surface area (Å²) in [5.41, 5.74) is 4.30. The van der Waals surface area contributed by atoms with Crippen LogP contribution >= 0.6 is 12.2 Å². The first-order valence-electron chi connectivity index (χ1n) is 11.9. The highest BCUT2D eigenvalue weighted by molar-refractivity contribution is 7.80. The van der Waals surface area contributed by atoms with E-state index in [2.05, 4.69) is 15.6 Å². The first-order chi connectivity index (χ1) is 18.5. The van der Waals surface area contributed by atoms with E-state index in [1.165, 1.54) is 7.11 Å². The third kappa shape index (κ3) is 4.99. The highest BCUT2D eigenvalue weighted by atomic mass is 32.1. The van der Waals surface area contributed by atoms with Crippen molar-refractivity contribution in [2.24, 2.45) is 0 Å². The molecule has 5 rings (SSSR count). The number of hydrogen-bond donors (Lipinski definition) is 3. The van der Waals surface area contributed by atoms with E-state index in [4.69, 9.17) is 17.0 Å². The average molecular weight is 528 g/mol. The minimum absolute atomic E-state index is 0.0276. The third-order valence-electron chi connectivity index (χ3n) is 6.28. The molecule has 0 aliphatic carbocycles. The number of ether oxygens (including phenoxy) is 1. The predicted octanol–water partition coefficient (Wildman–Crippen LogP) is 4.33. The van der Waals surface area contributed by atoms with Crippen molar-refractivity contribution in [1.29, 1.82) is 0 Å². The molecular formula is C28H25N5O4S. The van der Waals surface area contributed by atoms with E-state index in [1.54, 1.807) is 30.5 Å². The molecule has 1 aliphatic rings. The van der Waals surface area contributed by atoms with Crippen LogP contribution in [0.15, 0.2) is 91.3 Å². The van der Waals surface area contributed by atoms with Gasteiger partial charge in [-0.1, -0.05) is 6.07 Å². The Labute approximate surface area is 224 Å². The molecule has 10 heteroatoms. The second kappa shape index (κ2) is 10.8. The van der Waals surface area contributed by atoms with E-state index < -0.39 is 5.97 Å². The number of benzene rings is 2. The number of aromatic carboxylic acids is 1. The maximum Gasteiger partial charge on any atom is 0.335 e. The van der Waals surface area contributed by atoms with E-state index in [0.717, 1.165) is 22.8 Å². The zero-order valence-electron chi connectivity index (χ0n) is 20.4. The maximum absolute atomic E-state index is 11.9. The van der Waals surface area contributed by atoms with Gasteiger partial charge < -0.3 is 29.9 Å². The van der Waals surface area contributed by atoms with Crippen LogP contribution in [0.1, 0.15) is 33.8 Å².